The van der Waals surface area contributed by atoms with Gasteiger partial charge in [-0.3, -0.25) is 4.79 Å². The summed E-state index contributed by atoms with van der Waals surface area (Å²) in [6.45, 7) is 7.67. The number of nitrogens with zero attached hydrogens (tertiary/aromatic N) is 1. The van der Waals surface area contributed by atoms with Crippen molar-refractivity contribution in [3.8, 4) is 0 Å². The number of aliphatic hydroxyl groups is 1. The smallest absolute Gasteiger partial charge is 0.232 e. The van der Waals surface area contributed by atoms with Crippen LogP contribution in [0.3, 0.4) is 0 Å². The van der Waals surface area contributed by atoms with Crippen LogP contribution < -0.4 is 0 Å². The standard InChI is InChI=1S/C11H23NO3S/c1-11(2,3)16-9-10(14)12(5-7-13)6-8-15-4/h13H,5-9H2,1-4H3. The number of aliphatic hydroxyl groups excluding tert-OH is 1. The summed E-state index contributed by atoms with van der Waals surface area (Å²) in [6.07, 6.45) is 0. The van der Waals surface area contributed by atoms with Crippen molar-refractivity contribution < 1.29 is 14.6 Å². The van der Waals surface area contributed by atoms with Gasteiger partial charge in [0.2, 0.25) is 5.91 Å². The van der Waals surface area contributed by atoms with E-state index in [2.05, 4.69) is 20.8 Å². The van der Waals surface area contributed by atoms with Gasteiger partial charge in [-0.2, -0.15) is 0 Å². The van der Waals surface area contributed by atoms with E-state index in [1.807, 2.05) is 0 Å². The first-order valence-corrected chi connectivity index (χ1v) is 6.41. The van der Waals surface area contributed by atoms with Gasteiger partial charge in [-0.25, -0.2) is 0 Å². The highest BCUT2D eigenvalue weighted by Crippen LogP contribution is 2.23. The van der Waals surface area contributed by atoms with Gasteiger partial charge in [-0.15, -0.1) is 11.8 Å². The van der Waals surface area contributed by atoms with E-state index in [4.69, 9.17) is 9.84 Å². The molecule has 0 fully saturated rings. The summed E-state index contributed by atoms with van der Waals surface area (Å²) >= 11 is 1.62. The van der Waals surface area contributed by atoms with Gasteiger partial charge >= 0.3 is 0 Å². The zero-order valence-electron chi connectivity index (χ0n) is 10.7. The molecule has 0 rings (SSSR count). The molecule has 16 heavy (non-hydrogen) atoms. The van der Waals surface area contributed by atoms with E-state index in [1.54, 1.807) is 23.8 Å². The number of carbonyl (C=O) groups excluding carboxylic acids is 1. The Bertz CT molecular complexity index is 204. The van der Waals surface area contributed by atoms with Crippen molar-refractivity contribution >= 4 is 17.7 Å². The molecule has 5 heteroatoms. The van der Waals surface area contributed by atoms with Crippen LogP contribution in [0.5, 0.6) is 0 Å². The summed E-state index contributed by atoms with van der Waals surface area (Å²) in [4.78, 5) is 13.5. The molecular formula is C11H23NO3S. The molecule has 0 aromatic carbocycles. The van der Waals surface area contributed by atoms with Crippen LogP contribution in [0.4, 0.5) is 0 Å². The Balaban J connectivity index is 4.05. The maximum atomic E-state index is 11.8. The Morgan fingerprint density at radius 2 is 2.00 bits per heavy atom. The van der Waals surface area contributed by atoms with Crippen molar-refractivity contribution in [1.29, 1.82) is 0 Å². The molecule has 0 atom stereocenters. The van der Waals surface area contributed by atoms with Crippen molar-refractivity contribution in [2.75, 3.05) is 39.2 Å². The maximum absolute atomic E-state index is 11.8. The van der Waals surface area contributed by atoms with Gasteiger partial charge in [-0.05, 0) is 0 Å². The molecule has 0 radical (unpaired) electrons. The lowest BCUT2D eigenvalue weighted by atomic mass is 10.3. The molecule has 0 aliphatic rings. The minimum absolute atomic E-state index is 0.00433. The molecule has 0 saturated heterocycles. The summed E-state index contributed by atoms with van der Waals surface area (Å²) in [5, 5.41) is 8.87. The number of amides is 1. The SMILES string of the molecule is COCCN(CCO)C(=O)CSC(C)(C)C. The fourth-order valence-electron chi connectivity index (χ4n) is 1.05. The number of methoxy groups -OCH3 is 1. The number of hydrogen-bond donors (Lipinski definition) is 1. The fraction of sp³-hybridized carbons (Fsp3) is 0.909. The first-order chi connectivity index (χ1) is 7.40. The molecule has 0 aromatic heterocycles. The largest absolute Gasteiger partial charge is 0.395 e. The van der Waals surface area contributed by atoms with Gasteiger partial charge in [0.25, 0.3) is 0 Å². The minimum atomic E-state index is -0.00433. The van der Waals surface area contributed by atoms with Crippen LogP contribution in [0.15, 0.2) is 0 Å². The number of ether oxygens (including phenoxy) is 1. The maximum Gasteiger partial charge on any atom is 0.232 e. The Labute approximate surface area is 102 Å². The quantitative estimate of drug-likeness (QED) is 0.731. The molecular weight excluding hydrogens is 226 g/mol. The average molecular weight is 249 g/mol. The molecule has 4 nitrogen and oxygen atoms in total. The van der Waals surface area contributed by atoms with Crippen LogP contribution in [0.25, 0.3) is 0 Å². The zero-order chi connectivity index (χ0) is 12.6. The normalized spacial score (nSPS) is 11.6. The summed E-state index contributed by atoms with van der Waals surface area (Å²) in [5.41, 5.74) is 0. The third-order valence-corrected chi connectivity index (χ3v) is 3.17. The highest BCUT2D eigenvalue weighted by atomic mass is 32.2. The van der Waals surface area contributed by atoms with Gasteiger partial charge in [0.05, 0.1) is 19.0 Å². The second-order valence-corrected chi connectivity index (χ2v) is 6.30. The Morgan fingerprint density at radius 1 is 1.38 bits per heavy atom. The number of thioether (sulfide) groups is 1. The molecule has 1 amide bonds. The van der Waals surface area contributed by atoms with Crippen LogP contribution in [-0.2, 0) is 9.53 Å². The monoisotopic (exact) mass is 249 g/mol. The van der Waals surface area contributed by atoms with Crippen LogP contribution >= 0.6 is 11.8 Å². The highest BCUT2D eigenvalue weighted by Gasteiger charge is 2.17. The number of rotatable bonds is 7. The van der Waals surface area contributed by atoms with Gasteiger partial charge in [0, 0.05) is 24.9 Å². The number of carbonyl (C=O) groups is 1. The van der Waals surface area contributed by atoms with Crippen LogP contribution in [0.2, 0.25) is 0 Å². The predicted octanol–water partition coefficient (Wildman–Crippen LogP) is 0.985. The third-order valence-electron chi connectivity index (χ3n) is 1.92. The Hall–Kier alpha value is -0.260. The first kappa shape index (κ1) is 15.7. The lowest BCUT2D eigenvalue weighted by Gasteiger charge is -2.23. The van der Waals surface area contributed by atoms with Crippen molar-refractivity contribution in [1.82, 2.24) is 4.90 Å². The molecule has 0 aliphatic carbocycles. The van der Waals surface area contributed by atoms with E-state index < -0.39 is 0 Å². The predicted molar refractivity (Wildman–Crippen MR) is 67.8 cm³/mol. The Morgan fingerprint density at radius 3 is 2.44 bits per heavy atom. The minimum Gasteiger partial charge on any atom is -0.395 e. The molecule has 0 aliphatic heterocycles. The fourth-order valence-corrected chi connectivity index (χ4v) is 1.79. The van der Waals surface area contributed by atoms with Crippen molar-refractivity contribution in [2.45, 2.75) is 25.5 Å². The molecule has 0 bridgehead atoms. The lowest BCUT2D eigenvalue weighted by Crippen LogP contribution is -2.37. The zero-order valence-corrected chi connectivity index (χ0v) is 11.5. The molecule has 0 heterocycles. The van der Waals surface area contributed by atoms with E-state index in [1.165, 1.54) is 0 Å². The highest BCUT2D eigenvalue weighted by molar-refractivity contribution is 8.01. The summed E-state index contributed by atoms with van der Waals surface area (Å²) in [7, 11) is 1.60. The third kappa shape index (κ3) is 7.96. The van der Waals surface area contributed by atoms with Gasteiger partial charge < -0.3 is 14.7 Å². The summed E-state index contributed by atoms with van der Waals surface area (Å²) in [5.74, 6) is 0.513. The molecule has 0 spiro atoms. The van der Waals surface area contributed by atoms with Crippen molar-refractivity contribution in [3.63, 3.8) is 0 Å². The van der Waals surface area contributed by atoms with Crippen LogP contribution in [0, 0.1) is 0 Å². The van der Waals surface area contributed by atoms with E-state index in [-0.39, 0.29) is 17.3 Å². The number of hydrogen-bond acceptors (Lipinski definition) is 4. The summed E-state index contributed by atoms with van der Waals surface area (Å²) in [6, 6.07) is 0. The van der Waals surface area contributed by atoms with Crippen LogP contribution in [-0.4, -0.2) is 59.8 Å². The molecule has 0 unspecified atom stereocenters. The second-order valence-electron chi connectivity index (χ2n) is 4.50. The van der Waals surface area contributed by atoms with E-state index in [0.29, 0.717) is 25.4 Å². The van der Waals surface area contributed by atoms with Gasteiger partial charge in [0.1, 0.15) is 0 Å². The van der Waals surface area contributed by atoms with Crippen molar-refractivity contribution in [2.24, 2.45) is 0 Å². The average Bonchev–Trinajstić information content (AvgIpc) is 2.19. The molecule has 96 valence electrons. The second kappa shape index (κ2) is 7.92. The topological polar surface area (TPSA) is 49.8 Å². The van der Waals surface area contributed by atoms with E-state index in [9.17, 15) is 4.79 Å². The van der Waals surface area contributed by atoms with Crippen molar-refractivity contribution in [3.05, 3.63) is 0 Å². The van der Waals surface area contributed by atoms with E-state index >= 15 is 0 Å². The van der Waals surface area contributed by atoms with Crippen LogP contribution in [0.1, 0.15) is 20.8 Å². The van der Waals surface area contributed by atoms with Gasteiger partial charge in [-0.1, -0.05) is 20.8 Å². The molecule has 0 aromatic rings. The van der Waals surface area contributed by atoms with E-state index in [0.717, 1.165) is 0 Å². The summed E-state index contributed by atoms with van der Waals surface area (Å²) < 4.78 is 5.02. The Kier molecular flexibility index (Phi) is 7.80. The molecule has 1 N–H and O–H groups in total. The molecule has 0 saturated carbocycles. The van der Waals surface area contributed by atoms with Gasteiger partial charge in [0.15, 0.2) is 0 Å². The lowest BCUT2D eigenvalue weighted by molar-refractivity contribution is -0.129. The first-order valence-electron chi connectivity index (χ1n) is 5.42.